The fraction of sp³-hybridized carbons (Fsp3) is 0.378. The van der Waals surface area contributed by atoms with Crippen LogP contribution in [0.15, 0.2) is 84.2 Å². The van der Waals surface area contributed by atoms with Crippen molar-refractivity contribution in [3.05, 3.63) is 123 Å². The van der Waals surface area contributed by atoms with Crippen molar-refractivity contribution in [2.24, 2.45) is 0 Å². The zero-order valence-corrected chi connectivity index (χ0v) is 27.4. The average Bonchev–Trinajstić information content (AvgIpc) is 3.70. The lowest BCUT2D eigenvalue weighted by atomic mass is 9.86. The third-order valence-electron chi connectivity index (χ3n) is 8.36. The van der Waals surface area contributed by atoms with Crippen LogP contribution >= 0.6 is 11.3 Å². The van der Waals surface area contributed by atoms with Gasteiger partial charge in [0.15, 0.2) is 0 Å². The molecule has 0 aliphatic carbocycles. The molecular weight excluding hydrogens is 580 g/mol. The van der Waals surface area contributed by atoms with Gasteiger partial charge in [0.25, 0.3) is 11.8 Å². The van der Waals surface area contributed by atoms with Crippen LogP contribution < -0.4 is 10.6 Å². The third kappa shape index (κ3) is 8.45. The molecule has 3 atom stereocenters. The number of amides is 2. The zero-order valence-electron chi connectivity index (χ0n) is 26.6. The summed E-state index contributed by atoms with van der Waals surface area (Å²) in [6, 6.07) is 24.6. The van der Waals surface area contributed by atoms with Gasteiger partial charge in [-0.25, -0.2) is 4.98 Å². The Morgan fingerprint density at radius 1 is 1.00 bits per heavy atom. The molecule has 8 heteroatoms. The summed E-state index contributed by atoms with van der Waals surface area (Å²) >= 11 is 1.59. The standard InChI is InChI=1S/C37H44N4O3S/c1-25-24-45-35(39-25)32-17-10-18-41(32)36(44)29-15-9-14-28(21-29)34(43)40-31(20-26-11-6-5-7-12-26)33(42)23-38-22-27-13-8-16-30(19-27)37(2,3)4/h5-9,11-16,19,21,24,31-33,38,42H,10,17-18,20,22-23H2,1-4H3,(H,40,43)/t31-,32+,33-/m0/s1. The zero-order chi connectivity index (χ0) is 32.0. The Balaban J connectivity index is 1.26. The lowest BCUT2D eigenvalue weighted by molar-refractivity contribution is 0.0735. The van der Waals surface area contributed by atoms with Crippen LogP contribution in [0.4, 0.5) is 0 Å². The summed E-state index contributed by atoms with van der Waals surface area (Å²) in [5.74, 6) is -0.420. The fourth-order valence-corrected chi connectivity index (χ4v) is 6.75. The first-order chi connectivity index (χ1) is 21.6. The summed E-state index contributed by atoms with van der Waals surface area (Å²) in [5, 5.41) is 20.7. The number of nitrogens with zero attached hydrogens (tertiary/aromatic N) is 2. The van der Waals surface area contributed by atoms with Gasteiger partial charge >= 0.3 is 0 Å². The first kappa shape index (κ1) is 32.5. The number of carbonyl (C=O) groups excluding carboxylic acids is 2. The number of thiazole rings is 1. The second kappa shape index (κ2) is 14.5. The lowest BCUT2D eigenvalue weighted by Crippen LogP contribution is -2.48. The third-order valence-corrected chi connectivity index (χ3v) is 9.43. The van der Waals surface area contributed by atoms with E-state index in [2.05, 4.69) is 60.7 Å². The van der Waals surface area contributed by atoms with E-state index in [0.717, 1.165) is 34.7 Å². The average molecular weight is 625 g/mol. The summed E-state index contributed by atoms with van der Waals surface area (Å²) in [6.07, 6.45) is 1.44. The minimum Gasteiger partial charge on any atom is -0.390 e. The van der Waals surface area contributed by atoms with Gasteiger partial charge in [0.1, 0.15) is 5.01 Å². The smallest absolute Gasteiger partial charge is 0.254 e. The maximum absolute atomic E-state index is 13.6. The number of hydrogen-bond donors (Lipinski definition) is 3. The molecule has 0 saturated carbocycles. The molecule has 7 nitrogen and oxygen atoms in total. The predicted molar refractivity (Wildman–Crippen MR) is 181 cm³/mol. The van der Waals surface area contributed by atoms with Gasteiger partial charge in [-0.3, -0.25) is 9.59 Å². The molecule has 0 unspecified atom stereocenters. The van der Waals surface area contributed by atoms with Crippen molar-refractivity contribution in [2.45, 2.75) is 77.1 Å². The van der Waals surface area contributed by atoms with E-state index in [9.17, 15) is 14.7 Å². The van der Waals surface area contributed by atoms with Crippen LogP contribution in [0.3, 0.4) is 0 Å². The number of rotatable bonds is 11. The van der Waals surface area contributed by atoms with Gasteiger partial charge in [-0.05, 0) is 66.5 Å². The molecule has 1 saturated heterocycles. The van der Waals surface area contributed by atoms with E-state index >= 15 is 0 Å². The highest BCUT2D eigenvalue weighted by atomic mass is 32.1. The molecule has 0 radical (unpaired) electrons. The van der Waals surface area contributed by atoms with Crippen LogP contribution in [-0.4, -0.2) is 52.0 Å². The summed E-state index contributed by atoms with van der Waals surface area (Å²) in [4.78, 5) is 33.7. The molecule has 236 valence electrons. The Morgan fingerprint density at radius 2 is 1.73 bits per heavy atom. The van der Waals surface area contributed by atoms with E-state index in [1.54, 1.807) is 35.6 Å². The van der Waals surface area contributed by atoms with E-state index in [4.69, 9.17) is 0 Å². The molecule has 5 rings (SSSR count). The number of aromatic nitrogens is 1. The number of benzene rings is 3. The first-order valence-corrected chi connectivity index (χ1v) is 16.6. The van der Waals surface area contributed by atoms with E-state index in [-0.39, 0.29) is 23.3 Å². The van der Waals surface area contributed by atoms with Crippen LogP contribution in [0.5, 0.6) is 0 Å². The van der Waals surface area contributed by atoms with Crippen LogP contribution in [0.1, 0.15) is 87.8 Å². The van der Waals surface area contributed by atoms with Crippen LogP contribution in [0.25, 0.3) is 0 Å². The molecule has 1 aromatic heterocycles. The largest absolute Gasteiger partial charge is 0.390 e. The SMILES string of the molecule is Cc1csc([C@H]2CCCN2C(=O)c2cccc(C(=O)N[C@@H](Cc3ccccc3)[C@@H](O)CNCc3cccc(C(C)(C)C)c3)c2)n1. The Labute approximate surface area is 270 Å². The molecule has 45 heavy (non-hydrogen) atoms. The highest BCUT2D eigenvalue weighted by Crippen LogP contribution is 2.35. The Morgan fingerprint density at radius 3 is 2.47 bits per heavy atom. The van der Waals surface area contributed by atoms with Gasteiger partial charge in [-0.15, -0.1) is 11.3 Å². The molecule has 3 N–H and O–H groups in total. The number of aliphatic hydroxyl groups excluding tert-OH is 1. The highest BCUT2D eigenvalue weighted by molar-refractivity contribution is 7.09. The van der Waals surface area contributed by atoms with Crippen molar-refractivity contribution in [1.29, 1.82) is 0 Å². The van der Waals surface area contributed by atoms with Gasteiger partial charge in [0.2, 0.25) is 0 Å². The summed E-state index contributed by atoms with van der Waals surface area (Å²) < 4.78 is 0. The fourth-order valence-electron chi connectivity index (χ4n) is 5.81. The summed E-state index contributed by atoms with van der Waals surface area (Å²) in [6.45, 7) is 10.1. The second-order valence-electron chi connectivity index (χ2n) is 13.0. The van der Waals surface area contributed by atoms with Crippen LogP contribution in [-0.2, 0) is 18.4 Å². The van der Waals surface area contributed by atoms with Gasteiger partial charge in [0.05, 0.1) is 18.2 Å². The minimum atomic E-state index is -0.836. The molecule has 0 spiro atoms. The van der Waals surface area contributed by atoms with E-state index in [1.807, 2.05) is 47.5 Å². The molecule has 2 heterocycles. The summed E-state index contributed by atoms with van der Waals surface area (Å²) in [5.41, 5.74) is 5.30. The number of nitrogens with one attached hydrogen (secondary N) is 2. The Kier molecular flexibility index (Phi) is 10.5. The number of likely N-dealkylation sites (tertiary alicyclic amines) is 1. The number of carbonyl (C=O) groups is 2. The van der Waals surface area contributed by atoms with Crippen molar-refractivity contribution >= 4 is 23.2 Å². The molecule has 4 aromatic rings. The molecule has 3 aromatic carbocycles. The lowest BCUT2D eigenvalue weighted by Gasteiger charge is -2.26. The van der Waals surface area contributed by atoms with Crippen molar-refractivity contribution in [1.82, 2.24) is 20.5 Å². The van der Waals surface area contributed by atoms with Crippen LogP contribution in [0.2, 0.25) is 0 Å². The first-order valence-electron chi connectivity index (χ1n) is 15.7. The number of aryl methyl sites for hydroxylation is 1. The number of aliphatic hydroxyl groups is 1. The van der Waals surface area contributed by atoms with E-state index in [0.29, 0.717) is 37.2 Å². The van der Waals surface area contributed by atoms with Gasteiger partial charge in [-0.2, -0.15) is 0 Å². The van der Waals surface area contributed by atoms with E-state index in [1.165, 1.54) is 5.56 Å². The maximum atomic E-state index is 13.6. The molecule has 2 amide bonds. The van der Waals surface area contributed by atoms with Gasteiger partial charge in [0, 0.05) is 41.8 Å². The van der Waals surface area contributed by atoms with E-state index < -0.39 is 12.1 Å². The minimum absolute atomic E-state index is 0.0393. The Hall–Kier alpha value is -3.85. The molecule has 0 bridgehead atoms. The predicted octanol–water partition coefficient (Wildman–Crippen LogP) is 6.22. The normalized spacial score (nSPS) is 16.4. The summed E-state index contributed by atoms with van der Waals surface area (Å²) in [7, 11) is 0. The highest BCUT2D eigenvalue weighted by Gasteiger charge is 2.33. The quantitative estimate of drug-likeness (QED) is 0.184. The van der Waals surface area contributed by atoms with Crippen LogP contribution in [0, 0.1) is 6.92 Å². The molecule has 1 fully saturated rings. The molecular formula is C37H44N4O3S. The van der Waals surface area contributed by atoms with Gasteiger partial charge in [-0.1, -0.05) is 81.4 Å². The molecule has 1 aliphatic rings. The Bertz CT molecular complexity index is 1600. The monoisotopic (exact) mass is 624 g/mol. The molecule has 1 aliphatic heterocycles. The van der Waals surface area contributed by atoms with Crippen molar-refractivity contribution in [3.63, 3.8) is 0 Å². The maximum Gasteiger partial charge on any atom is 0.254 e. The van der Waals surface area contributed by atoms with Gasteiger partial charge < -0.3 is 20.6 Å². The topological polar surface area (TPSA) is 94.6 Å². The second-order valence-corrected chi connectivity index (χ2v) is 13.9. The van der Waals surface area contributed by atoms with Crippen molar-refractivity contribution < 1.29 is 14.7 Å². The number of hydrogen-bond acceptors (Lipinski definition) is 6. The van der Waals surface area contributed by atoms with Crippen molar-refractivity contribution in [2.75, 3.05) is 13.1 Å². The van der Waals surface area contributed by atoms with Crippen molar-refractivity contribution in [3.8, 4) is 0 Å².